The van der Waals surface area contributed by atoms with Gasteiger partial charge in [-0.1, -0.05) is 29.3 Å². The molecule has 3 nitrogen and oxygen atoms in total. The van der Waals surface area contributed by atoms with E-state index in [1.807, 2.05) is 26.0 Å². The van der Waals surface area contributed by atoms with Gasteiger partial charge in [0.05, 0.1) is 0 Å². The number of aromatic nitrogens is 2. The third-order valence-electron chi connectivity index (χ3n) is 2.27. The summed E-state index contributed by atoms with van der Waals surface area (Å²) >= 11 is 11.6. The minimum Gasteiger partial charge on any atom is -0.486 e. The van der Waals surface area contributed by atoms with Gasteiger partial charge in [0.1, 0.15) is 22.7 Å². The predicted octanol–water partition coefficient (Wildman–Crippen LogP) is 3.98. The minimum absolute atomic E-state index is 0.239. The van der Waals surface area contributed by atoms with Crippen LogP contribution in [0, 0.1) is 13.8 Å². The normalized spacial score (nSPS) is 10.4. The first-order valence-electron chi connectivity index (χ1n) is 5.43. The van der Waals surface area contributed by atoms with Crippen molar-refractivity contribution in [3.8, 4) is 5.75 Å². The Labute approximate surface area is 116 Å². The van der Waals surface area contributed by atoms with E-state index in [0.717, 1.165) is 16.9 Å². The Morgan fingerprint density at radius 2 is 1.50 bits per heavy atom. The molecular weight excluding hydrogens is 271 g/mol. The molecule has 1 aromatic carbocycles. The highest BCUT2D eigenvalue weighted by molar-refractivity contribution is 6.33. The highest BCUT2D eigenvalue weighted by Gasteiger charge is 2.03. The summed E-state index contributed by atoms with van der Waals surface area (Å²) in [6.07, 6.45) is 0. The fourth-order valence-corrected chi connectivity index (χ4v) is 2.12. The minimum atomic E-state index is 0.239. The zero-order valence-corrected chi connectivity index (χ0v) is 11.6. The zero-order chi connectivity index (χ0) is 13.1. The number of ether oxygens (including phenoxy) is 1. The van der Waals surface area contributed by atoms with Crippen molar-refractivity contribution in [2.75, 3.05) is 0 Å². The molecule has 94 valence electrons. The Morgan fingerprint density at radius 3 is 2.06 bits per heavy atom. The fraction of sp³-hybridized carbons (Fsp3) is 0.231. The van der Waals surface area contributed by atoms with Crippen LogP contribution in [0.4, 0.5) is 0 Å². The Kier molecular flexibility index (Phi) is 4.04. The summed E-state index contributed by atoms with van der Waals surface area (Å²) in [5.41, 5.74) is 2.30. The van der Waals surface area contributed by atoms with Crippen LogP contribution in [0.25, 0.3) is 0 Å². The SMILES string of the molecule is Cc1cc(C)cc(OCc2nc(Cl)cc(Cl)n2)c1. The second-order valence-corrected chi connectivity index (χ2v) is 4.82. The van der Waals surface area contributed by atoms with Gasteiger partial charge in [-0.15, -0.1) is 0 Å². The van der Waals surface area contributed by atoms with E-state index in [0.29, 0.717) is 16.1 Å². The third-order valence-corrected chi connectivity index (χ3v) is 2.66. The Morgan fingerprint density at radius 1 is 0.944 bits per heavy atom. The van der Waals surface area contributed by atoms with Gasteiger partial charge in [0.15, 0.2) is 5.82 Å². The van der Waals surface area contributed by atoms with E-state index in [2.05, 4.69) is 16.0 Å². The zero-order valence-electron chi connectivity index (χ0n) is 10.1. The van der Waals surface area contributed by atoms with Gasteiger partial charge in [-0.05, 0) is 37.1 Å². The molecular formula is C13H12Cl2N2O. The maximum Gasteiger partial charge on any atom is 0.169 e. The van der Waals surface area contributed by atoms with E-state index >= 15 is 0 Å². The van der Waals surface area contributed by atoms with E-state index in [9.17, 15) is 0 Å². The second kappa shape index (κ2) is 5.55. The van der Waals surface area contributed by atoms with Crippen molar-refractivity contribution in [1.29, 1.82) is 0 Å². The van der Waals surface area contributed by atoms with Crippen LogP contribution in [0.5, 0.6) is 5.75 Å². The molecule has 0 N–H and O–H groups in total. The van der Waals surface area contributed by atoms with Gasteiger partial charge in [0, 0.05) is 6.07 Å². The molecule has 1 heterocycles. The van der Waals surface area contributed by atoms with Crippen molar-refractivity contribution >= 4 is 23.2 Å². The lowest BCUT2D eigenvalue weighted by atomic mass is 10.1. The second-order valence-electron chi connectivity index (χ2n) is 4.04. The van der Waals surface area contributed by atoms with Crippen LogP contribution in [0.2, 0.25) is 10.3 Å². The molecule has 0 saturated heterocycles. The first-order chi connectivity index (χ1) is 8.52. The average molecular weight is 283 g/mol. The van der Waals surface area contributed by atoms with Crippen molar-refractivity contribution in [3.05, 3.63) is 51.5 Å². The van der Waals surface area contributed by atoms with Gasteiger partial charge >= 0.3 is 0 Å². The van der Waals surface area contributed by atoms with Crippen LogP contribution in [-0.2, 0) is 6.61 Å². The summed E-state index contributed by atoms with van der Waals surface area (Å²) < 4.78 is 5.62. The molecule has 0 unspecified atom stereocenters. The van der Waals surface area contributed by atoms with E-state index < -0.39 is 0 Å². The topological polar surface area (TPSA) is 35.0 Å². The molecule has 0 atom stereocenters. The van der Waals surface area contributed by atoms with Crippen molar-refractivity contribution in [2.24, 2.45) is 0 Å². The largest absolute Gasteiger partial charge is 0.486 e. The number of aryl methyl sites for hydroxylation is 2. The van der Waals surface area contributed by atoms with Crippen LogP contribution >= 0.6 is 23.2 Å². The number of hydrogen-bond donors (Lipinski definition) is 0. The van der Waals surface area contributed by atoms with Crippen molar-refractivity contribution < 1.29 is 4.74 Å². The number of hydrogen-bond acceptors (Lipinski definition) is 3. The molecule has 18 heavy (non-hydrogen) atoms. The summed E-state index contributed by atoms with van der Waals surface area (Å²) in [5, 5.41) is 0.628. The maximum absolute atomic E-state index is 5.79. The van der Waals surface area contributed by atoms with E-state index in [1.54, 1.807) is 0 Å². The molecule has 0 amide bonds. The molecule has 0 aliphatic carbocycles. The molecule has 2 aromatic rings. The van der Waals surface area contributed by atoms with E-state index in [1.165, 1.54) is 6.07 Å². The van der Waals surface area contributed by atoms with Crippen LogP contribution < -0.4 is 4.74 Å². The quantitative estimate of drug-likeness (QED) is 0.799. The molecule has 0 bridgehead atoms. The lowest BCUT2D eigenvalue weighted by Gasteiger charge is -2.07. The first-order valence-corrected chi connectivity index (χ1v) is 6.18. The number of benzene rings is 1. The van der Waals surface area contributed by atoms with Gasteiger partial charge < -0.3 is 4.74 Å². The lowest BCUT2D eigenvalue weighted by Crippen LogP contribution is -2.02. The smallest absolute Gasteiger partial charge is 0.169 e. The van der Waals surface area contributed by atoms with Gasteiger partial charge in [0.2, 0.25) is 0 Å². The number of halogens is 2. The Bertz CT molecular complexity index is 481. The fourth-order valence-electron chi connectivity index (χ4n) is 1.66. The first kappa shape index (κ1) is 13.1. The molecule has 0 fully saturated rings. The van der Waals surface area contributed by atoms with Crippen LogP contribution in [0.1, 0.15) is 17.0 Å². The Hall–Kier alpha value is -1.32. The lowest BCUT2D eigenvalue weighted by molar-refractivity contribution is 0.295. The van der Waals surface area contributed by atoms with Gasteiger partial charge in [-0.25, -0.2) is 9.97 Å². The van der Waals surface area contributed by atoms with Crippen molar-refractivity contribution in [3.63, 3.8) is 0 Å². The summed E-state index contributed by atoms with van der Waals surface area (Å²) in [6, 6.07) is 7.49. The molecule has 0 aliphatic heterocycles. The number of rotatable bonds is 3. The van der Waals surface area contributed by atoms with Crippen molar-refractivity contribution in [1.82, 2.24) is 9.97 Å². The van der Waals surface area contributed by atoms with Crippen LogP contribution in [-0.4, -0.2) is 9.97 Å². The summed E-state index contributed by atoms with van der Waals surface area (Å²) in [4.78, 5) is 8.08. The third kappa shape index (κ3) is 3.59. The molecule has 5 heteroatoms. The highest BCUT2D eigenvalue weighted by Crippen LogP contribution is 2.18. The van der Waals surface area contributed by atoms with Gasteiger partial charge in [-0.2, -0.15) is 0 Å². The standard InChI is InChI=1S/C13H12Cl2N2O/c1-8-3-9(2)5-10(4-8)18-7-13-16-11(14)6-12(15)17-13/h3-6H,7H2,1-2H3. The molecule has 0 spiro atoms. The molecule has 0 radical (unpaired) electrons. The monoisotopic (exact) mass is 282 g/mol. The summed E-state index contributed by atoms with van der Waals surface area (Å²) in [5.74, 6) is 1.25. The van der Waals surface area contributed by atoms with Crippen molar-refractivity contribution in [2.45, 2.75) is 20.5 Å². The molecule has 0 saturated carbocycles. The van der Waals surface area contributed by atoms with Gasteiger partial charge in [0.25, 0.3) is 0 Å². The average Bonchev–Trinajstić information content (AvgIpc) is 2.23. The Balaban J connectivity index is 2.11. The van der Waals surface area contributed by atoms with Crippen LogP contribution in [0.15, 0.2) is 24.3 Å². The molecule has 0 aliphatic rings. The summed E-state index contributed by atoms with van der Waals surface area (Å²) in [6.45, 7) is 4.28. The highest BCUT2D eigenvalue weighted by atomic mass is 35.5. The van der Waals surface area contributed by atoms with Crippen LogP contribution in [0.3, 0.4) is 0 Å². The van der Waals surface area contributed by atoms with E-state index in [-0.39, 0.29) is 6.61 Å². The molecule has 2 rings (SSSR count). The molecule has 1 aromatic heterocycles. The number of nitrogens with zero attached hydrogens (tertiary/aromatic N) is 2. The summed E-state index contributed by atoms with van der Waals surface area (Å²) in [7, 11) is 0. The van der Waals surface area contributed by atoms with E-state index in [4.69, 9.17) is 27.9 Å². The van der Waals surface area contributed by atoms with Gasteiger partial charge in [-0.3, -0.25) is 0 Å². The maximum atomic E-state index is 5.79. The predicted molar refractivity (Wildman–Crippen MR) is 72.3 cm³/mol.